The number of aromatic nitrogens is 2. The average Bonchev–Trinajstić information content (AvgIpc) is 2.99. The van der Waals surface area contributed by atoms with Crippen LogP contribution in [0, 0.1) is 0 Å². The summed E-state index contributed by atoms with van der Waals surface area (Å²) in [5, 5.41) is 2.74. The molecule has 5 nitrogen and oxygen atoms in total. The summed E-state index contributed by atoms with van der Waals surface area (Å²) in [4.78, 5) is 19.6. The number of pyridine rings is 1. The normalized spacial score (nSPS) is 11.8. The highest BCUT2D eigenvalue weighted by Gasteiger charge is 2.09. The highest BCUT2D eigenvalue weighted by Crippen LogP contribution is 2.30. The number of benzene rings is 1. The van der Waals surface area contributed by atoms with Gasteiger partial charge < -0.3 is 4.84 Å². The van der Waals surface area contributed by atoms with Crippen molar-refractivity contribution in [1.82, 2.24) is 14.8 Å². The summed E-state index contributed by atoms with van der Waals surface area (Å²) in [7, 11) is 0. The monoisotopic (exact) mass is 285 g/mol. The van der Waals surface area contributed by atoms with Crippen molar-refractivity contribution < 1.29 is 4.84 Å². The lowest BCUT2D eigenvalue weighted by atomic mass is 10.1. The van der Waals surface area contributed by atoms with Crippen molar-refractivity contribution in [1.29, 1.82) is 0 Å². The third-order valence-corrected chi connectivity index (χ3v) is 3.30. The Balaban J connectivity index is 0.000000170. The Morgan fingerprint density at radius 2 is 2.15 bits per heavy atom. The third kappa shape index (κ3) is 2.55. The van der Waals surface area contributed by atoms with Crippen molar-refractivity contribution in [2.75, 3.05) is 0 Å². The van der Waals surface area contributed by atoms with Crippen molar-refractivity contribution in [2.45, 2.75) is 0 Å². The maximum atomic E-state index is 10.0. The summed E-state index contributed by atoms with van der Waals surface area (Å²) in [5.74, 6) is 0.845. The van der Waals surface area contributed by atoms with Gasteiger partial charge in [0.25, 0.3) is 5.56 Å². The highest BCUT2D eigenvalue weighted by atomic mass is 32.1. The van der Waals surface area contributed by atoms with E-state index in [-0.39, 0.29) is 5.56 Å². The van der Waals surface area contributed by atoms with Crippen LogP contribution in [0.2, 0.25) is 0 Å². The molecule has 6 heteroatoms. The number of fused-ring (bicyclic) bond motifs is 3. The first kappa shape index (κ1) is 12.4. The molecule has 2 aromatic heterocycles. The molecular formula is C14H11N3O2S. The molecule has 3 heterocycles. The van der Waals surface area contributed by atoms with E-state index in [9.17, 15) is 4.79 Å². The summed E-state index contributed by atoms with van der Waals surface area (Å²) in [6.07, 6.45) is 5.52. The molecule has 0 saturated carbocycles. The number of aromatic amines is 1. The van der Waals surface area contributed by atoms with E-state index in [1.54, 1.807) is 17.8 Å². The minimum absolute atomic E-state index is 0.0139. The topological polar surface area (TPSA) is 67.0 Å². The molecule has 0 unspecified atom stereocenters. The van der Waals surface area contributed by atoms with E-state index in [1.807, 2.05) is 30.3 Å². The minimum Gasteiger partial charge on any atom is -0.381 e. The number of H-pyrrole nitrogens is 1. The van der Waals surface area contributed by atoms with Crippen molar-refractivity contribution in [3.05, 3.63) is 64.0 Å². The van der Waals surface area contributed by atoms with Gasteiger partial charge in [-0.3, -0.25) is 14.2 Å². The number of rotatable bonds is 0. The zero-order valence-electron chi connectivity index (χ0n) is 10.4. The van der Waals surface area contributed by atoms with Crippen LogP contribution in [-0.4, -0.2) is 9.36 Å². The second kappa shape index (κ2) is 5.58. The van der Waals surface area contributed by atoms with Crippen LogP contribution in [0.4, 0.5) is 0 Å². The number of hydroxylamine groups is 1. The number of hydrogen-bond donors (Lipinski definition) is 2. The van der Waals surface area contributed by atoms with Gasteiger partial charge in [0.15, 0.2) is 5.75 Å². The van der Waals surface area contributed by atoms with E-state index in [4.69, 9.17) is 4.84 Å². The first-order chi connectivity index (χ1) is 9.84. The Morgan fingerprint density at radius 1 is 1.20 bits per heavy atom. The van der Waals surface area contributed by atoms with Crippen LogP contribution in [-0.2, 0) is 0 Å². The SMILES string of the molecule is C1=Cc2ccc3ncccc3c2ON1.O=c1ccs[nH]1. The quantitative estimate of drug-likeness (QED) is 0.666. The molecule has 0 bridgehead atoms. The Bertz CT molecular complexity index is 791. The fraction of sp³-hybridized carbons (Fsp3) is 0. The lowest BCUT2D eigenvalue weighted by molar-refractivity contribution is 0.242. The maximum Gasteiger partial charge on any atom is 0.257 e. The molecule has 1 aromatic carbocycles. The summed E-state index contributed by atoms with van der Waals surface area (Å²) >= 11 is 1.30. The summed E-state index contributed by atoms with van der Waals surface area (Å²) in [5.41, 5.74) is 4.73. The zero-order chi connectivity index (χ0) is 13.8. The van der Waals surface area contributed by atoms with E-state index in [1.165, 1.54) is 17.6 Å². The summed E-state index contributed by atoms with van der Waals surface area (Å²) in [6.45, 7) is 0. The molecule has 0 fully saturated rings. The van der Waals surface area contributed by atoms with Crippen molar-refractivity contribution in [3.63, 3.8) is 0 Å². The van der Waals surface area contributed by atoms with Gasteiger partial charge in [0.2, 0.25) is 0 Å². The molecule has 100 valence electrons. The fourth-order valence-electron chi connectivity index (χ4n) is 1.83. The lowest BCUT2D eigenvalue weighted by Crippen LogP contribution is -2.14. The van der Waals surface area contributed by atoms with Gasteiger partial charge in [-0.15, -0.1) is 0 Å². The van der Waals surface area contributed by atoms with E-state index in [2.05, 4.69) is 14.8 Å². The first-order valence-corrected chi connectivity index (χ1v) is 6.81. The van der Waals surface area contributed by atoms with Gasteiger partial charge in [0.1, 0.15) is 0 Å². The van der Waals surface area contributed by atoms with Gasteiger partial charge in [-0.25, -0.2) is 5.48 Å². The highest BCUT2D eigenvalue weighted by molar-refractivity contribution is 7.03. The summed E-state index contributed by atoms with van der Waals surface area (Å²) in [6, 6.07) is 9.40. The van der Waals surface area contributed by atoms with Crippen LogP contribution in [0.5, 0.6) is 5.75 Å². The van der Waals surface area contributed by atoms with Gasteiger partial charge in [0.05, 0.1) is 5.52 Å². The van der Waals surface area contributed by atoms with Crippen LogP contribution in [0.1, 0.15) is 5.56 Å². The Hall–Kier alpha value is -2.60. The van der Waals surface area contributed by atoms with Crippen molar-refractivity contribution >= 4 is 28.5 Å². The van der Waals surface area contributed by atoms with Crippen LogP contribution >= 0.6 is 11.5 Å². The number of hydrogen-bond acceptors (Lipinski definition) is 5. The van der Waals surface area contributed by atoms with Crippen molar-refractivity contribution in [2.24, 2.45) is 0 Å². The Labute approximate surface area is 118 Å². The molecule has 4 rings (SSSR count). The van der Waals surface area contributed by atoms with Gasteiger partial charge >= 0.3 is 0 Å². The molecule has 0 atom stereocenters. The van der Waals surface area contributed by atoms with E-state index in [0.29, 0.717) is 0 Å². The summed E-state index contributed by atoms with van der Waals surface area (Å²) < 4.78 is 2.49. The number of nitrogens with zero attached hydrogens (tertiary/aromatic N) is 1. The van der Waals surface area contributed by atoms with E-state index < -0.39 is 0 Å². The lowest BCUT2D eigenvalue weighted by Gasteiger charge is -2.14. The first-order valence-electron chi connectivity index (χ1n) is 5.93. The average molecular weight is 285 g/mol. The molecule has 0 amide bonds. The smallest absolute Gasteiger partial charge is 0.257 e. The molecule has 3 aromatic rings. The Morgan fingerprint density at radius 3 is 2.90 bits per heavy atom. The van der Waals surface area contributed by atoms with Gasteiger partial charge in [-0.2, -0.15) is 0 Å². The molecule has 0 aliphatic carbocycles. The van der Waals surface area contributed by atoms with Gasteiger partial charge in [-0.1, -0.05) is 11.5 Å². The predicted octanol–water partition coefficient (Wildman–Crippen LogP) is 2.54. The molecular weight excluding hydrogens is 274 g/mol. The third-order valence-electron chi connectivity index (χ3n) is 2.71. The fourth-order valence-corrected chi connectivity index (χ4v) is 2.27. The standard InChI is InChI=1S/C11H8N2O.C3H3NOS/c1-2-9-10(12-6-1)4-3-8-5-7-13-14-11(8)9;5-3-1-2-6-4-3/h1-7,13H;1-2H,(H,4,5). The minimum atomic E-state index is -0.0139. The van der Waals surface area contributed by atoms with Crippen LogP contribution in [0.25, 0.3) is 17.0 Å². The molecule has 1 aliphatic heterocycles. The van der Waals surface area contributed by atoms with Gasteiger partial charge in [0, 0.05) is 34.8 Å². The van der Waals surface area contributed by atoms with E-state index in [0.717, 1.165) is 22.2 Å². The molecule has 0 saturated heterocycles. The number of nitrogens with one attached hydrogen (secondary N) is 2. The van der Waals surface area contributed by atoms with Gasteiger partial charge in [-0.05, 0) is 30.3 Å². The van der Waals surface area contributed by atoms with Crippen molar-refractivity contribution in [3.8, 4) is 5.75 Å². The predicted molar refractivity (Wildman–Crippen MR) is 79.5 cm³/mol. The molecule has 1 aliphatic rings. The molecule has 0 radical (unpaired) electrons. The van der Waals surface area contributed by atoms with Crippen LogP contribution < -0.4 is 15.9 Å². The second-order valence-electron chi connectivity index (χ2n) is 3.99. The largest absolute Gasteiger partial charge is 0.381 e. The Kier molecular flexibility index (Phi) is 3.47. The molecule has 20 heavy (non-hydrogen) atoms. The molecule has 0 spiro atoms. The van der Waals surface area contributed by atoms with E-state index >= 15 is 0 Å². The molecule has 2 N–H and O–H groups in total. The second-order valence-corrected chi connectivity index (χ2v) is 4.71. The maximum absolute atomic E-state index is 10.0. The van der Waals surface area contributed by atoms with Crippen LogP contribution in [0.15, 0.2) is 52.9 Å². The van der Waals surface area contributed by atoms with Crippen LogP contribution in [0.3, 0.4) is 0 Å². The zero-order valence-corrected chi connectivity index (χ0v) is 11.2.